The van der Waals surface area contributed by atoms with E-state index in [4.69, 9.17) is 16.3 Å². The summed E-state index contributed by atoms with van der Waals surface area (Å²) in [5.74, 6) is -0.965. The number of carbonyl (C=O) groups excluding carboxylic acids is 3. The molecule has 2 heterocycles. The van der Waals surface area contributed by atoms with Crippen molar-refractivity contribution < 1.29 is 19.1 Å². The highest BCUT2D eigenvalue weighted by atomic mass is 35.5. The van der Waals surface area contributed by atoms with Gasteiger partial charge >= 0.3 is 0 Å². The quantitative estimate of drug-likeness (QED) is 0.334. The van der Waals surface area contributed by atoms with Crippen LogP contribution in [0.25, 0.3) is 11.0 Å². The van der Waals surface area contributed by atoms with Crippen LogP contribution in [-0.4, -0.2) is 64.8 Å². The van der Waals surface area contributed by atoms with E-state index in [1.165, 1.54) is 4.90 Å². The molecule has 8 nitrogen and oxygen atoms in total. The lowest BCUT2D eigenvalue weighted by Crippen LogP contribution is -2.43. The van der Waals surface area contributed by atoms with Crippen LogP contribution in [0.2, 0.25) is 5.02 Å². The zero-order chi connectivity index (χ0) is 25.0. The third kappa shape index (κ3) is 5.04. The zero-order valence-electron chi connectivity index (χ0n) is 19.7. The first kappa shape index (κ1) is 24.8. The predicted molar refractivity (Wildman–Crippen MR) is 132 cm³/mol. The van der Waals surface area contributed by atoms with Gasteiger partial charge in [-0.3, -0.25) is 29.3 Å². The molecule has 1 aliphatic heterocycles. The Balaban J connectivity index is 1.59. The van der Waals surface area contributed by atoms with Crippen LogP contribution in [0.1, 0.15) is 30.4 Å². The monoisotopic (exact) mass is 494 g/mol. The Morgan fingerprint density at radius 1 is 1.14 bits per heavy atom. The van der Waals surface area contributed by atoms with E-state index >= 15 is 0 Å². The van der Waals surface area contributed by atoms with Gasteiger partial charge in [-0.15, -0.1) is 0 Å². The Hall–Kier alpha value is -3.36. The second kappa shape index (κ2) is 10.5. The van der Waals surface area contributed by atoms with Crippen LogP contribution in [0.3, 0.4) is 0 Å². The first-order chi connectivity index (χ1) is 16.9. The standard InChI is InChI=1S/C26H27ClN4O4/c1-30(17-18-8-9-21-22(14-18)29-11-10-28-21)23(32)15-26(19-6-3-4-7-20(19)27)16-24(33)31(25(26)34)12-5-13-35-2/h3-4,6-11,14H,5,12-13,15-17H2,1-2H3/t26-/m1/s1. The minimum Gasteiger partial charge on any atom is -0.385 e. The average Bonchev–Trinajstić information content (AvgIpc) is 3.09. The summed E-state index contributed by atoms with van der Waals surface area (Å²) in [5.41, 5.74) is 1.55. The van der Waals surface area contributed by atoms with Crippen LogP contribution >= 0.6 is 11.6 Å². The van der Waals surface area contributed by atoms with Crippen LogP contribution in [0.4, 0.5) is 0 Å². The van der Waals surface area contributed by atoms with E-state index in [2.05, 4.69) is 9.97 Å². The maximum Gasteiger partial charge on any atom is 0.240 e. The second-order valence-electron chi connectivity index (χ2n) is 8.74. The minimum atomic E-state index is -1.34. The molecule has 0 bridgehead atoms. The lowest BCUT2D eigenvalue weighted by Gasteiger charge is -2.30. The van der Waals surface area contributed by atoms with Crippen molar-refractivity contribution in [1.29, 1.82) is 0 Å². The van der Waals surface area contributed by atoms with Crippen molar-refractivity contribution >= 4 is 40.4 Å². The molecule has 1 aliphatic rings. The molecule has 0 spiro atoms. The molecule has 4 rings (SSSR count). The summed E-state index contributed by atoms with van der Waals surface area (Å²) >= 11 is 6.49. The first-order valence-electron chi connectivity index (χ1n) is 11.4. The molecule has 1 fully saturated rings. The number of likely N-dealkylation sites (tertiary alicyclic amines) is 1. The van der Waals surface area contributed by atoms with Crippen molar-refractivity contribution in [1.82, 2.24) is 19.8 Å². The number of aromatic nitrogens is 2. The van der Waals surface area contributed by atoms with Gasteiger partial charge in [-0.25, -0.2) is 0 Å². The molecule has 1 saturated heterocycles. The van der Waals surface area contributed by atoms with E-state index in [1.54, 1.807) is 55.7 Å². The summed E-state index contributed by atoms with van der Waals surface area (Å²) in [5, 5.41) is 0.357. The SMILES string of the molecule is COCCCN1C(=O)C[C@](CC(=O)N(C)Cc2ccc3nccnc3c2)(c2ccccc2Cl)C1=O. The number of fused-ring (bicyclic) bond motifs is 1. The highest BCUT2D eigenvalue weighted by Crippen LogP contribution is 2.43. The average molecular weight is 495 g/mol. The fourth-order valence-corrected chi connectivity index (χ4v) is 4.87. The van der Waals surface area contributed by atoms with Gasteiger partial charge in [0.1, 0.15) is 0 Å². The maximum atomic E-state index is 13.7. The largest absolute Gasteiger partial charge is 0.385 e. The maximum absolute atomic E-state index is 13.7. The topological polar surface area (TPSA) is 92.7 Å². The molecule has 0 unspecified atom stereocenters. The number of hydrogen-bond acceptors (Lipinski definition) is 6. The number of amides is 3. The van der Waals surface area contributed by atoms with Crippen molar-refractivity contribution in [2.75, 3.05) is 27.3 Å². The molecule has 2 aromatic carbocycles. The number of rotatable bonds is 9. The fraction of sp³-hybridized carbons (Fsp3) is 0.346. The van der Waals surface area contributed by atoms with E-state index in [1.807, 2.05) is 18.2 Å². The molecule has 0 saturated carbocycles. The number of ether oxygens (including phenoxy) is 1. The number of benzene rings is 2. The van der Waals surface area contributed by atoms with E-state index < -0.39 is 11.3 Å². The van der Waals surface area contributed by atoms with Gasteiger partial charge < -0.3 is 9.64 Å². The zero-order valence-corrected chi connectivity index (χ0v) is 20.5. The molecule has 0 aliphatic carbocycles. The van der Waals surface area contributed by atoms with Crippen molar-refractivity contribution in [2.45, 2.75) is 31.2 Å². The second-order valence-corrected chi connectivity index (χ2v) is 9.15. The van der Waals surface area contributed by atoms with Gasteiger partial charge in [0.2, 0.25) is 17.7 Å². The van der Waals surface area contributed by atoms with Gasteiger partial charge in [-0.05, 0) is 35.7 Å². The van der Waals surface area contributed by atoms with Crippen LogP contribution < -0.4 is 0 Å². The number of hydrogen-bond donors (Lipinski definition) is 0. The van der Waals surface area contributed by atoms with Gasteiger partial charge in [-0.1, -0.05) is 35.9 Å². The van der Waals surface area contributed by atoms with Gasteiger partial charge in [-0.2, -0.15) is 0 Å². The molecule has 1 atom stereocenters. The van der Waals surface area contributed by atoms with E-state index in [0.717, 1.165) is 16.6 Å². The lowest BCUT2D eigenvalue weighted by molar-refractivity contribution is -0.142. The Labute approximate surface area is 208 Å². The third-order valence-corrected chi connectivity index (χ3v) is 6.69. The van der Waals surface area contributed by atoms with Crippen molar-refractivity contribution in [3.05, 3.63) is 71.0 Å². The Morgan fingerprint density at radius 3 is 2.63 bits per heavy atom. The molecule has 0 radical (unpaired) electrons. The first-order valence-corrected chi connectivity index (χ1v) is 11.8. The number of halogens is 1. The normalized spacial score (nSPS) is 17.9. The van der Waals surface area contributed by atoms with Crippen LogP contribution in [0.15, 0.2) is 54.9 Å². The summed E-state index contributed by atoms with van der Waals surface area (Å²) < 4.78 is 5.07. The van der Waals surface area contributed by atoms with Gasteiger partial charge in [0.25, 0.3) is 0 Å². The van der Waals surface area contributed by atoms with Crippen molar-refractivity contribution in [3.63, 3.8) is 0 Å². The van der Waals surface area contributed by atoms with Gasteiger partial charge in [0.05, 0.1) is 16.4 Å². The van der Waals surface area contributed by atoms with Crippen molar-refractivity contribution in [3.8, 4) is 0 Å². The Bertz CT molecular complexity index is 1270. The Kier molecular flexibility index (Phi) is 7.42. The summed E-state index contributed by atoms with van der Waals surface area (Å²) in [4.78, 5) is 51.4. The molecule has 0 N–H and O–H groups in total. The fourth-order valence-electron chi connectivity index (χ4n) is 4.55. The van der Waals surface area contributed by atoms with E-state index in [9.17, 15) is 14.4 Å². The highest BCUT2D eigenvalue weighted by molar-refractivity contribution is 6.32. The molecule has 35 heavy (non-hydrogen) atoms. The van der Waals surface area contributed by atoms with Crippen molar-refractivity contribution in [2.24, 2.45) is 0 Å². The van der Waals surface area contributed by atoms with E-state index in [-0.39, 0.29) is 31.2 Å². The third-order valence-electron chi connectivity index (χ3n) is 6.36. The summed E-state index contributed by atoms with van der Waals surface area (Å²) in [7, 11) is 3.25. The van der Waals surface area contributed by atoms with E-state index in [0.29, 0.717) is 30.2 Å². The van der Waals surface area contributed by atoms with Gasteiger partial charge in [0.15, 0.2) is 0 Å². The highest BCUT2D eigenvalue weighted by Gasteiger charge is 2.54. The van der Waals surface area contributed by atoms with Crippen LogP contribution in [-0.2, 0) is 31.1 Å². The molecule has 182 valence electrons. The number of methoxy groups -OCH3 is 1. The summed E-state index contributed by atoms with van der Waals surface area (Å²) in [6, 6.07) is 12.6. The molecule has 3 aromatic rings. The van der Waals surface area contributed by atoms with Gasteiger partial charge in [0, 0.05) is 64.1 Å². The number of imide groups is 1. The molecule has 1 aromatic heterocycles. The number of carbonyl (C=O) groups is 3. The predicted octanol–water partition coefficient (Wildman–Crippen LogP) is 3.37. The van der Waals surface area contributed by atoms with Crippen LogP contribution in [0, 0.1) is 0 Å². The molecular weight excluding hydrogens is 468 g/mol. The lowest BCUT2D eigenvalue weighted by atomic mass is 9.75. The smallest absolute Gasteiger partial charge is 0.240 e. The van der Waals surface area contributed by atoms with Crippen LogP contribution in [0.5, 0.6) is 0 Å². The Morgan fingerprint density at radius 2 is 1.89 bits per heavy atom. The molecular formula is C26H27ClN4O4. The summed E-state index contributed by atoms with van der Waals surface area (Å²) in [6.45, 7) is 0.984. The molecule has 3 amide bonds. The minimum absolute atomic E-state index is 0.103. The number of nitrogens with zero attached hydrogens (tertiary/aromatic N) is 4. The molecule has 9 heteroatoms. The summed E-state index contributed by atoms with van der Waals surface area (Å²) in [6.07, 6.45) is 3.50.